The van der Waals surface area contributed by atoms with Crippen molar-refractivity contribution in [2.75, 3.05) is 26.7 Å². The number of ketones is 1. The SMILES string of the molecule is COC1CCN(CCC(=O)c2cc(F)cc(F)c2)CC1. The molecular formula is C15H19F2NO2. The first kappa shape index (κ1) is 15.1. The summed E-state index contributed by atoms with van der Waals surface area (Å²) in [5.74, 6) is -1.65. The van der Waals surface area contributed by atoms with Gasteiger partial charge in [-0.25, -0.2) is 8.78 Å². The molecule has 0 spiro atoms. The van der Waals surface area contributed by atoms with Gasteiger partial charge in [0.1, 0.15) is 11.6 Å². The lowest BCUT2D eigenvalue weighted by Gasteiger charge is -2.30. The van der Waals surface area contributed by atoms with Gasteiger partial charge in [-0.1, -0.05) is 0 Å². The molecule has 1 aliphatic rings. The van der Waals surface area contributed by atoms with E-state index in [1.807, 2.05) is 0 Å². The minimum Gasteiger partial charge on any atom is -0.381 e. The fourth-order valence-electron chi connectivity index (χ4n) is 2.49. The molecule has 110 valence electrons. The van der Waals surface area contributed by atoms with Gasteiger partial charge in [-0.2, -0.15) is 0 Å². The van der Waals surface area contributed by atoms with Crippen LogP contribution in [0.15, 0.2) is 18.2 Å². The van der Waals surface area contributed by atoms with E-state index >= 15 is 0 Å². The highest BCUT2D eigenvalue weighted by atomic mass is 19.1. The third kappa shape index (κ3) is 4.08. The molecule has 0 aromatic heterocycles. The maximum Gasteiger partial charge on any atom is 0.164 e. The van der Waals surface area contributed by atoms with Crippen LogP contribution in [0.2, 0.25) is 0 Å². The van der Waals surface area contributed by atoms with Gasteiger partial charge in [0.2, 0.25) is 0 Å². The van der Waals surface area contributed by atoms with Gasteiger partial charge >= 0.3 is 0 Å². The van der Waals surface area contributed by atoms with Crippen LogP contribution < -0.4 is 0 Å². The zero-order valence-electron chi connectivity index (χ0n) is 11.6. The van der Waals surface area contributed by atoms with Crippen LogP contribution in [0.1, 0.15) is 29.6 Å². The fraction of sp³-hybridized carbons (Fsp3) is 0.533. The van der Waals surface area contributed by atoms with Crippen molar-refractivity contribution in [2.24, 2.45) is 0 Å². The molecule has 0 atom stereocenters. The Kier molecular flexibility index (Phi) is 5.20. The average molecular weight is 283 g/mol. The summed E-state index contributed by atoms with van der Waals surface area (Å²) in [5.41, 5.74) is 0.106. The summed E-state index contributed by atoms with van der Waals surface area (Å²) in [7, 11) is 1.71. The van der Waals surface area contributed by atoms with E-state index in [1.165, 1.54) is 0 Å². The average Bonchev–Trinajstić information content (AvgIpc) is 2.44. The van der Waals surface area contributed by atoms with Crippen molar-refractivity contribution in [3.63, 3.8) is 0 Å². The van der Waals surface area contributed by atoms with Gasteiger partial charge in [0.05, 0.1) is 6.10 Å². The quantitative estimate of drug-likeness (QED) is 0.778. The van der Waals surface area contributed by atoms with E-state index in [1.54, 1.807) is 7.11 Å². The molecule has 1 heterocycles. The molecule has 1 fully saturated rings. The van der Waals surface area contributed by atoms with E-state index in [9.17, 15) is 13.6 Å². The minimum absolute atomic E-state index is 0.106. The van der Waals surface area contributed by atoms with Gasteiger partial charge in [0, 0.05) is 44.8 Å². The van der Waals surface area contributed by atoms with E-state index in [-0.39, 0.29) is 17.8 Å². The van der Waals surface area contributed by atoms with E-state index in [0.29, 0.717) is 12.6 Å². The Morgan fingerprint density at radius 3 is 2.40 bits per heavy atom. The first-order chi connectivity index (χ1) is 9.58. The van der Waals surface area contributed by atoms with Crippen LogP contribution in [0.3, 0.4) is 0 Å². The summed E-state index contributed by atoms with van der Waals surface area (Å²) in [6.45, 7) is 2.40. The number of Topliss-reactive ketones (excluding diaryl/α,β-unsaturated/α-hetero) is 1. The molecule has 0 aliphatic carbocycles. The number of ether oxygens (including phenoxy) is 1. The predicted octanol–water partition coefficient (Wildman–Crippen LogP) is 2.65. The Morgan fingerprint density at radius 1 is 1.25 bits per heavy atom. The van der Waals surface area contributed by atoms with Crippen molar-refractivity contribution < 1.29 is 18.3 Å². The molecule has 1 saturated heterocycles. The number of carbonyl (C=O) groups excluding carboxylic acids is 1. The highest BCUT2D eigenvalue weighted by Crippen LogP contribution is 2.14. The van der Waals surface area contributed by atoms with Crippen molar-refractivity contribution in [3.8, 4) is 0 Å². The zero-order chi connectivity index (χ0) is 14.5. The number of rotatable bonds is 5. The lowest BCUT2D eigenvalue weighted by Crippen LogP contribution is -2.37. The molecule has 1 aromatic carbocycles. The van der Waals surface area contributed by atoms with Crippen LogP contribution >= 0.6 is 0 Å². The van der Waals surface area contributed by atoms with Crippen LogP contribution in [0.5, 0.6) is 0 Å². The van der Waals surface area contributed by atoms with Gasteiger partial charge in [0.15, 0.2) is 5.78 Å². The van der Waals surface area contributed by atoms with E-state index in [2.05, 4.69) is 4.90 Å². The van der Waals surface area contributed by atoms with Crippen molar-refractivity contribution >= 4 is 5.78 Å². The molecular weight excluding hydrogens is 264 g/mol. The number of halogens is 2. The predicted molar refractivity (Wildman–Crippen MR) is 71.8 cm³/mol. The monoisotopic (exact) mass is 283 g/mol. The van der Waals surface area contributed by atoms with Crippen LogP contribution in [0.25, 0.3) is 0 Å². The highest BCUT2D eigenvalue weighted by molar-refractivity contribution is 5.96. The summed E-state index contributed by atoms with van der Waals surface area (Å²) in [6.07, 6.45) is 2.50. The highest BCUT2D eigenvalue weighted by Gasteiger charge is 2.19. The number of carbonyl (C=O) groups is 1. The van der Waals surface area contributed by atoms with Gasteiger partial charge in [-0.15, -0.1) is 0 Å². The summed E-state index contributed by atoms with van der Waals surface area (Å²) in [4.78, 5) is 14.1. The molecule has 2 rings (SSSR count). The van der Waals surface area contributed by atoms with Crippen molar-refractivity contribution in [1.82, 2.24) is 4.90 Å². The Labute approximate surface area is 117 Å². The molecule has 0 unspecified atom stereocenters. The largest absolute Gasteiger partial charge is 0.381 e. The molecule has 0 amide bonds. The summed E-state index contributed by atoms with van der Waals surface area (Å²) >= 11 is 0. The molecule has 20 heavy (non-hydrogen) atoms. The second-order valence-electron chi connectivity index (χ2n) is 5.11. The second kappa shape index (κ2) is 6.90. The number of hydrogen-bond acceptors (Lipinski definition) is 3. The van der Waals surface area contributed by atoms with Gasteiger partial charge in [-0.3, -0.25) is 4.79 Å². The molecule has 1 aliphatic heterocycles. The Balaban J connectivity index is 1.83. The number of benzene rings is 1. The van der Waals surface area contributed by atoms with Crippen molar-refractivity contribution in [1.29, 1.82) is 0 Å². The minimum atomic E-state index is -0.714. The Hall–Kier alpha value is -1.33. The van der Waals surface area contributed by atoms with Gasteiger partial charge in [-0.05, 0) is 25.0 Å². The smallest absolute Gasteiger partial charge is 0.164 e. The van der Waals surface area contributed by atoms with Crippen LogP contribution in [0.4, 0.5) is 8.78 Å². The van der Waals surface area contributed by atoms with E-state index < -0.39 is 11.6 Å². The number of hydrogen-bond donors (Lipinski definition) is 0. The lowest BCUT2D eigenvalue weighted by molar-refractivity contribution is 0.0406. The molecule has 5 heteroatoms. The summed E-state index contributed by atoms with van der Waals surface area (Å²) < 4.78 is 31.4. The van der Waals surface area contributed by atoms with E-state index in [0.717, 1.165) is 44.1 Å². The molecule has 1 aromatic rings. The Morgan fingerprint density at radius 2 is 1.85 bits per heavy atom. The maximum absolute atomic E-state index is 13.0. The van der Waals surface area contributed by atoms with Crippen LogP contribution in [-0.4, -0.2) is 43.5 Å². The zero-order valence-corrected chi connectivity index (χ0v) is 11.6. The summed E-state index contributed by atoms with van der Waals surface area (Å²) in [5, 5.41) is 0. The van der Waals surface area contributed by atoms with Crippen LogP contribution in [-0.2, 0) is 4.74 Å². The van der Waals surface area contributed by atoms with E-state index in [4.69, 9.17) is 4.74 Å². The standard InChI is InChI=1S/C15H19F2NO2/c1-20-14-2-5-18(6-3-14)7-4-15(19)11-8-12(16)10-13(17)9-11/h8-10,14H,2-7H2,1H3. The first-order valence-corrected chi connectivity index (χ1v) is 6.83. The maximum atomic E-state index is 13.0. The second-order valence-corrected chi connectivity index (χ2v) is 5.11. The molecule has 0 radical (unpaired) electrons. The third-order valence-electron chi connectivity index (χ3n) is 3.71. The van der Waals surface area contributed by atoms with Gasteiger partial charge in [0.25, 0.3) is 0 Å². The molecule has 3 nitrogen and oxygen atoms in total. The third-order valence-corrected chi connectivity index (χ3v) is 3.71. The molecule has 0 saturated carbocycles. The fourth-order valence-corrected chi connectivity index (χ4v) is 2.49. The Bertz CT molecular complexity index is 451. The number of likely N-dealkylation sites (tertiary alicyclic amines) is 1. The van der Waals surface area contributed by atoms with Gasteiger partial charge < -0.3 is 9.64 Å². The molecule has 0 N–H and O–H groups in total. The van der Waals surface area contributed by atoms with Crippen LogP contribution in [0, 0.1) is 11.6 Å². The number of methoxy groups -OCH3 is 1. The van der Waals surface area contributed by atoms with Crippen molar-refractivity contribution in [2.45, 2.75) is 25.4 Å². The van der Waals surface area contributed by atoms with Crippen molar-refractivity contribution in [3.05, 3.63) is 35.4 Å². The lowest BCUT2D eigenvalue weighted by atomic mass is 10.1. The number of piperidine rings is 1. The summed E-state index contributed by atoms with van der Waals surface area (Å²) in [6, 6.07) is 2.94. The number of nitrogens with zero attached hydrogens (tertiary/aromatic N) is 1. The topological polar surface area (TPSA) is 29.5 Å². The first-order valence-electron chi connectivity index (χ1n) is 6.83. The normalized spacial score (nSPS) is 17.4. The molecule has 0 bridgehead atoms.